The van der Waals surface area contributed by atoms with E-state index in [9.17, 15) is 5.11 Å². The maximum atomic E-state index is 10.1. The second-order valence-corrected chi connectivity index (χ2v) is 5.01. The van der Waals surface area contributed by atoms with Crippen LogP contribution in [0.1, 0.15) is 36.5 Å². The number of rotatable bonds is 9. The quantitative estimate of drug-likeness (QED) is 0.589. The summed E-state index contributed by atoms with van der Waals surface area (Å²) < 4.78 is 0. The summed E-state index contributed by atoms with van der Waals surface area (Å²) in [5, 5.41) is 18.9. The Bertz CT molecular complexity index is 341. The topological polar surface area (TPSA) is 69.7 Å². The first-order chi connectivity index (χ1) is 9.17. The second-order valence-electron chi connectivity index (χ2n) is 5.01. The lowest BCUT2D eigenvalue weighted by Gasteiger charge is -2.20. The summed E-state index contributed by atoms with van der Waals surface area (Å²) in [4.78, 5) is 2.12. The molecule has 19 heavy (non-hydrogen) atoms. The third-order valence-corrected chi connectivity index (χ3v) is 3.28. The molecule has 0 aliphatic heterocycles. The number of aliphatic hydroxyl groups excluding tert-OH is 2. The minimum atomic E-state index is -0.463. The van der Waals surface area contributed by atoms with Crippen LogP contribution >= 0.6 is 0 Å². The normalized spacial score (nSPS) is 12.9. The Kier molecular flexibility index (Phi) is 7.67. The van der Waals surface area contributed by atoms with E-state index in [2.05, 4.69) is 4.90 Å². The molecule has 1 aromatic rings. The lowest BCUT2D eigenvalue weighted by Crippen LogP contribution is -2.25. The van der Waals surface area contributed by atoms with Crippen molar-refractivity contribution in [3.63, 3.8) is 0 Å². The molecule has 1 aromatic carbocycles. The zero-order chi connectivity index (χ0) is 14.1. The van der Waals surface area contributed by atoms with Gasteiger partial charge in [0.2, 0.25) is 0 Å². The van der Waals surface area contributed by atoms with Crippen LogP contribution in [0.3, 0.4) is 0 Å². The number of hydrogen-bond donors (Lipinski definition) is 3. The highest BCUT2D eigenvalue weighted by atomic mass is 16.3. The Morgan fingerprint density at radius 3 is 2.42 bits per heavy atom. The van der Waals surface area contributed by atoms with Gasteiger partial charge >= 0.3 is 0 Å². The van der Waals surface area contributed by atoms with Gasteiger partial charge in [-0.05, 0) is 44.0 Å². The second kappa shape index (κ2) is 9.04. The Hall–Kier alpha value is -0.940. The van der Waals surface area contributed by atoms with Crippen molar-refractivity contribution in [2.24, 2.45) is 5.73 Å². The molecule has 0 spiro atoms. The maximum absolute atomic E-state index is 10.1. The van der Waals surface area contributed by atoms with Crippen molar-refractivity contribution in [2.45, 2.75) is 31.9 Å². The van der Waals surface area contributed by atoms with Gasteiger partial charge in [0.1, 0.15) is 0 Å². The average Bonchev–Trinajstić information content (AvgIpc) is 2.43. The lowest BCUT2D eigenvalue weighted by molar-refractivity contribution is 0.125. The zero-order valence-corrected chi connectivity index (χ0v) is 11.8. The predicted molar refractivity (Wildman–Crippen MR) is 77.7 cm³/mol. The van der Waals surface area contributed by atoms with Gasteiger partial charge in [-0.3, -0.25) is 0 Å². The van der Waals surface area contributed by atoms with E-state index in [1.807, 2.05) is 31.3 Å². The highest BCUT2D eigenvalue weighted by Gasteiger charge is 2.10. The van der Waals surface area contributed by atoms with E-state index in [0.717, 1.165) is 36.9 Å². The molecule has 0 radical (unpaired) electrons. The van der Waals surface area contributed by atoms with Crippen molar-refractivity contribution in [1.82, 2.24) is 4.90 Å². The number of nitrogens with two attached hydrogens (primary N) is 1. The van der Waals surface area contributed by atoms with Crippen molar-refractivity contribution in [3.8, 4) is 0 Å². The number of likely N-dealkylation sites (N-methyl/N-ethyl adjacent to an activating group) is 1. The van der Waals surface area contributed by atoms with E-state index in [1.165, 1.54) is 0 Å². The van der Waals surface area contributed by atoms with Crippen molar-refractivity contribution >= 4 is 0 Å². The van der Waals surface area contributed by atoms with Gasteiger partial charge in [-0.2, -0.15) is 0 Å². The van der Waals surface area contributed by atoms with E-state index in [1.54, 1.807) is 0 Å². The first-order valence-electron chi connectivity index (χ1n) is 6.93. The highest BCUT2D eigenvalue weighted by Crippen LogP contribution is 2.15. The molecule has 1 unspecified atom stereocenters. The van der Waals surface area contributed by atoms with Gasteiger partial charge in [0, 0.05) is 19.7 Å². The van der Waals surface area contributed by atoms with Crippen molar-refractivity contribution in [1.29, 1.82) is 0 Å². The van der Waals surface area contributed by atoms with Crippen LogP contribution < -0.4 is 5.73 Å². The summed E-state index contributed by atoms with van der Waals surface area (Å²) in [6.45, 7) is 2.36. The van der Waals surface area contributed by atoms with E-state index < -0.39 is 6.10 Å². The molecule has 4 nitrogen and oxygen atoms in total. The monoisotopic (exact) mass is 266 g/mol. The van der Waals surface area contributed by atoms with Crippen LogP contribution in [0.25, 0.3) is 0 Å². The fraction of sp³-hybridized carbons (Fsp3) is 0.600. The van der Waals surface area contributed by atoms with Crippen LogP contribution in [-0.2, 0) is 6.54 Å². The van der Waals surface area contributed by atoms with Crippen molar-refractivity contribution in [3.05, 3.63) is 35.4 Å². The van der Waals surface area contributed by atoms with Crippen LogP contribution in [0.15, 0.2) is 24.3 Å². The molecule has 0 aliphatic carbocycles. The largest absolute Gasteiger partial charge is 0.396 e. The molecular weight excluding hydrogens is 240 g/mol. The fourth-order valence-corrected chi connectivity index (χ4v) is 2.04. The number of nitrogens with zero attached hydrogens (tertiary/aromatic N) is 1. The van der Waals surface area contributed by atoms with Gasteiger partial charge in [-0.15, -0.1) is 0 Å². The summed E-state index contributed by atoms with van der Waals surface area (Å²) in [6.07, 6.45) is 2.48. The highest BCUT2D eigenvalue weighted by molar-refractivity contribution is 5.24. The van der Waals surface area contributed by atoms with E-state index in [0.29, 0.717) is 13.1 Å². The molecule has 1 rings (SSSR count). The van der Waals surface area contributed by atoms with Crippen LogP contribution in [0.5, 0.6) is 0 Å². The van der Waals surface area contributed by atoms with E-state index in [-0.39, 0.29) is 6.61 Å². The SMILES string of the molecule is CN(CCCCCO)CC(O)c1ccc(CN)cc1. The summed E-state index contributed by atoms with van der Waals surface area (Å²) in [5.74, 6) is 0. The Morgan fingerprint density at radius 2 is 1.84 bits per heavy atom. The number of aliphatic hydroxyl groups is 2. The lowest BCUT2D eigenvalue weighted by atomic mass is 10.1. The molecule has 1 atom stereocenters. The molecule has 0 saturated heterocycles. The summed E-state index contributed by atoms with van der Waals surface area (Å²) in [7, 11) is 2.01. The molecule has 0 fully saturated rings. The molecule has 0 aliphatic rings. The zero-order valence-electron chi connectivity index (χ0n) is 11.8. The summed E-state index contributed by atoms with van der Waals surface area (Å²) in [6, 6.07) is 7.79. The van der Waals surface area contributed by atoms with E-state index in [4.69, 9.17) is 10.8 Å². The molecule has 4 N–H and O–H groups in total. The van der Waals surface area contributed by atoms with Gasteiger partial charge in [0.25, 0.3) is 0 Å². The molecule has 0 saturated carbocycles. The standard InChI is InChI=1S/C15H26N2O2/c1-17(9-3-2-4-10-18)12-15(19)14-7-5-13(11-16)6-8-14/h5-8,15,18-19H,2-4,9-12,16H2,1H3. The third kappa shape index (κ3) is 6.16. The summed E-state index contributed by atoms with van der Waals surface area (Å²) in [5.41, 5.74) is 7.55. The smallest absolute Gasteiger partial charge is 0.0916 e. The third-order valence-electron chi connectivity index (χ3n) is 3.28. The molecule has 0 bridgehead atoms. The molecular formula is C15H26N2O2. The molecule has 0 aromatic heterocycles. The number of unbranched alkanes of at least 4 members (excludes halogenated alkanes) is 2. The van der Waals surface area contributed by atoms with Gasteiger partial charge in [0.05, 0.1) is 6.10 Å². The van der Waals surface area contributed by atoms with Gasteiger partial charge in [0.15, 0.2) is 0 Å². The van der Waals surface area contributed by atoms with Crippen LogP contribution in [0.2, 0.25) is 0 Å². The first kappa shape index (κ1) is 16.1. The van der Waals surface area contributed by atoms with Crippen LogP contribution in [-0.4, -0.2) is 41.9 Å². The van der Waals surface area contributed by atoms with Gasteiger partial charge in [-0.25, -0.2) is 0 Å². The summed E-state index contributed by atoms with van der Waals surface area (Å²) >= 11 is 0. The number of benzene rings is 1. The number of hydrogen-bond acceptors (Lipinski definition) is 4. The molecule has 108 valence electrons. The molecule has 4 heteroatoms. The Labute approximate surface area is 115 Å². The molecule has 0 heterocycles. The van der Waals surface area contributed by atoms with Crippen LogP contribution in [0.4, 0.5) is 0 Å². The minimum absolute atomic E-state index is 0.264. The Balaban J connectivity index is 2.33. The van der Waals surface area contributed by atoms with Crippen LogP contribution in [0, 0.1) is 0 Å². The van der Waals surface area contributed by atoms with Gasteiger partial charge < -0.3 is 20.8 Å². The van der Waals surface area contributed by atoms with Crippen molar-refractivity contribution < 1.29 is 10.2 Å². The molecule has 0 amide bonds. The predicted octanol–water partition coefficient (Wildman–Crippen LogP) is 1.27. The van der Waals surface area contributed by atoms with Crippen molar-refractivity contribution in [2.75, 3.05) is 26.7 Å². The maximum Gasteiger partial charge on any atom is 0.0916 e. The van der Waals surface area contributed by atoms with E-state index >= 15 is 0 Å². The first-order valence-corrected chi connectivity index (χ1v) is 6.93. The average molecular weight is 266 g/mol. The van der Waals surface area contributed by atoms with Gasteiger partial charge in [-0.1, -0.05) is 24.3 Å². The Morgan fingerprint density at radius 1 is 1.16 bits per heavy atom. The minimum Gasteiger partial charge on any atom is -0.396 e. The fourth-order valence-electron chi connectivity index (χ4n) is 2.04.